The minimum absolute atomic E-state index is 0.259. The van der Waals surface area contributed by atoms with Crippen LogP contribution < -0.4 is 4.74 Å². The van der Waals surface area contributed by atoms with Crippen LogP contribution in [-0.4, -0.2) is 51.0 Å². The van der Waals surface area contributed by atoms with Gasteiger partial charge in [0.05, 0.1) is 6.54 Å². The molecule has 4 rings (SSSR count). The Kier molecular flexibility index (Phi) is 5.65. The molecule has 0 bridgehead atoms. The maximum atomic E-state index is 9.74. The average molecular weight is 392 g/mol. The molecule has 1 fully saturated rings. The molecule has 150 valence electrons. The summed E-state index contributed by atoms with van der Waals surface area (Å²) >= 11 is 0. The third kappa shape index (κ3) is 4.86. The minimum Gasteiger partial charge on any atom is -0.489 e. The normalized spacial score (nSPS) is 17.7. The monoisotopic (exact) mass is 392 g/mol. The molecule has 1 aliphatic rings. The van der Waals surface area contributed by atoms with E-state index in [1.807, 2.05) is 28.8 Å². The van der Waals surface area contributed by atoms with E-state index in [0.29, 0.717) is 18.1 Å². The summed E-state index contributed by atoms with van der Waals surface area (Å²) in [5.74, 6) is 8.03. The molecule has 0 amide bonds. The van der Waals surface area contributed by atoms with Crippen molar-refractivity contribution in [1.29, 1.82) is 0 Å². The molecule has 1 aliphatic heterocycles. The Hall–Kier alpha value is -3.08. The molecule has 29 heavy (non-hydrogen) atoms. The zero-order chi connectivity index (χ0) is 20.2. The van der Waals surface area contributed by atoms with E-state index in [9.17, 15) is 5.11 Å². The molecule has 1 aromatic carbocycles. The fourth-order valence-corrected chi connectivity index (χ4v) is 3.38. The van der Waals surface area contributed by atoms with Crippen molar-refractivity contribution in [2.45, 2.75) is 32.1 Å². The second kappa shape index (κ2) is 8.52. The van der Waals surface area contributed by atoms with Crippen LogP contribution in [0.15, 0.2) is 47.2 Å². The maximum absolute atomic E-state index is 9.74. The van der Waals surface area contributed by atoms with Crippen molar-refractivity contribution in [1.82, 2.24) is 19.6 Å². The maximum Gasteiger partial charge on any atom is 0.210 e. The van der Waals surface area contributed by atoms with E-state index in [2.05, 4.69) is 33.9 Å². The summed E-state index contributed by atoms with van der Waals surface area (Å²) in [6.07, 6.45) is 4.13. The number of likely N-dealkylation sites (N-methyl/N-ethyl adjacent to an activating group) is 1. The highest BCUT2D eigenvalue weighted by Crippen LogP contribution is 2.18. The van der Waals surface area contributed by atoms with Crippen LogP contribution in [0.25, 0.3) is 0 Å². The number of benzene rings is 1. The van der Waals surface area contributed by atoms with Crippen LogP contribution in [0.1, 0.15) is 42.3 Å². The average Bonchev–Trinajstić information content (AvgIpc) is 3.43. The fourth-order valence-electron chi connectivity index (χ4n) is 3.38. The van der Waals surface area contributed by atoms with Gasteiger partial charge in [-0.05, 0) is 50.6 Å². The van der Waals surface area contributed by atoms with Crippen molar-refractivity contribution in [2.24, 2.45) is 0 Å². The standard InChI is InChI=1S/C22H24N4O3/c1-16(27)22-23-10-12-26(22)14-18-13-20(29-24-18)8-5-17-3-6-19(7-4-17)28-21-9-11-25(2)15-21/h3-4,6-7,10,12-13,16,21,27H,9,11,14-15H2,1-2H3/t16-,21-/m0/s1. The quantitative estimate of drug-likeness (QED) is 0.672. The Morgan fingerprint density at radius 3 is 2.86 bits per heavy atom. The van der Waals surface area contributed by atoms with Gasteiger partial charge in [0, 0.05) is 37.1 Å². The number of aliphatic hydroxyl groups excluding tert-OH is 1. The minimum atomic E-state index is -0.641. The van der Waals surface area contributed by atoms with Crippen molar-refractivity contribution in [3.05, 3.63) is 65.6 Å². The molecule has 0 radical (unpaired) electrons. The summed E-state index contributed by atoms with van der Waals surface area (Å²) in [5, 5.41) is 13.8. The number of aromatic nitrogens is 3. The molecule has 7 heteroatoms. The molecular formula is C22H24N4O3. The van der Waals surface area contributed by atoms with Crippen molar-refractivity contribution >= 4 is 0 Å². The molecule has 2 atom stereocenters. The smallest absolute Gasteiger partial charge is 0.210 e. The Labute approximate surface area is 169 Å². The molecule has 1 saturated heterocycles. The van der Waals surface area contributed by atoms with Gasteiger partial charge in [0.25, 0.3) is 0 Å². The predicted molar refractivity (Wildman–Crippen MR) is 107 cm³/mol. The van der Waals surface area contributed by atoms with E-state index in [1.54, 1.807) is 25.4 Å². The topological polar surface area (TPSA) is 76.6 Å². The Bertz CT molecular complexity index is 1010. The number of aliphatic hydroxyl groups is 1. The Morgan fingerprint density at radius 1 is 1.31 bits per heavy atom. The van der Waals surface area contributed by atoms with Gasteiger partial charge in [0.2, 0.25) is 5.76 Å². The van der Waals surface area contributed by atoms with Gasteiger partial charge in [0.15, 0.2) is 0 Å². The van der Waals surface area contributed by atoms with E-state index in [4.69, 9.17) is 9.26 Å². The van der Waals surface area contributed by atoms with Crippen LogP contribution in [0.5, 0.6) is 5.75 Å². The molecular weight excluding hydrogens is 368 g/mol. The second-order valence-electron chi connectivity index (χ2n) is 7.34. The molecule has 0 unspecified atom stereocenters. The number of imidazole rings is 1. The van der Waals surface area contributed by atoms with Gasteiger partial charge in [-0.1, -0.05) is 11.1 Å². The third-order valence-corrected chi connectivity index (χ3v) is 4.85. The SMILES string of the molecule is C[C@H](O)c1nccn1Cc1cc(C#Cc2ccc(O[C@H]3CCN(C)C3)cc2)on1. The van der Waals surface area contributed by atoms with E-state index in [0.717, 1.165) is 36.5 Å². The first-order valence-electron chi connectivity index (χ1n) is 9.69. The van der Waals surface area contributed by atoms with E-state index in [-0.39, 0.29) is 6.10 Å². The summed E-state index contributed by atoms with van der Waals surface area (Å²) in [6, 6.07) is 9.58. The van der Waals surface area contributed by atoms with Gasteiger partial charge < -0.3 is 23.8 Å². The van der Waals surface area contributed by atoms with E-state index < -0.39 is 6.10 Å². The highest BCUT2D eigenvalue weighted by Gasteiger charge is 2.20. The molecule has 0 aliphatic carbocycles. The highest BCUT2D eigenvalue weighted by atomic mass is 16.5. The van der Waals surface area contributed by atoms with Gasteiger partial charge in [-0.3, -0.25) is 0 Å². The zero-order valence-corrected chi connectivity index (χ0v) is 16.6. The van der Waals surface area contributed by atoms with Crippen LogP contribution in [0.3, 0.4) is 0 Å². The van der Waals surface area contributed by atoms with Crippen molar-refractivity contribution in [3.63, 3.8) is 0 Å². The van der Waals surface area contributed by atoms with Crippen molar-refractivity contribution in [3.8, 4) is 17.6 Å². The lowest BCUT2D eigenvalue weighted by atomic mass is 10.2. The van der Waals surface area contributed by atoms with Crippen molar-refractivity contribution in [2.75, 3.05) is 20.1 Å². The zero-order valence-electron chi connectivity index (χ0n) is 16.6. The second-order valence-corrected chi connectivity index (χ2v) is 7.34. The molecule has 1 N–H and O–H groups in total. The third-order valence-electron chi connectivity index (χ3n) is 4.85. The number of hydrogen-bond acceptors (Lipinski definition) is 6. The van der Waals surface area contributed by atoms with Crippen LogP contribution >= 0.6 is 0 Å². The summed E-state index contributed by atoms with van der Waals surface area (Å²) in [7, 11) is 2.11. The van der Waals surface area contributed by atoms with Gasteiger partial charge in [-0.2, -0.15) is 0 Å². The Balaban J connectivity index is 1.37. The first kappa shape index (κ1) is 19.2. The highest BCUT2D eigenvalue weighted by molar-refractivity contribution is 5.41. The van der Waals surface area contributed by atoms with Crippen LogP contribution in [0, 0.1) is 11.8 Å². The lowest BCUT2D eigenvalue weighted by Crippen LogP contribution is -2.21. The van der Waals surface area contributed by atoms with Gasteiger partial charge in [-0.25, -0.2) is 4.98 Å². The number of hydrogen-bond donors (Lipinski definition) is 1. The summed E-state index contributed by atoms with van der Waals surface area (Å²) in [4.78, 5) is 6.42. The van der Waals surface area contributed by atoms with E-state index in [1.165, 1.54) is 0 Å². The molecule has 2 aromatic heterocycles. The number of ether oxygens (including phenoxy) is 1. The number of rotatable bonds is 5. The number of likely N-dealkylation sites (tertiary alicyclic amines) is 1. The molecule has 0 spiro atoms. The molecule has 3 aromatic rings. The first-order chi connectivity index (χ1) is 14.1. The summed E-state index contributed by atoms with van der Waals surface area (Å²) in [5.41, 5.74) is 1.60. The predicted octanol–water partition coefficient (Wildman–Crippen LogP) is 2.46. The van der Waals surface area contributed by atoms with Crippen LogP contribution in [-0.2, 0) is 6.54 Å². The van der Waals surface area contributed by atoms with Gasteiger partial charge in [-0.15, -0.1) is 0 Å². The van der Waals surface area contributed by atoms with E-state index >= 15 is 0 Å². The Morgan fingerprint density at radius 2 is 2.14 bits per heavy atom. The fraction of sp³-hybridized carbons (Fsp3) is 0.364. The lowest BCUT2D eigenvalue weighted by molar-refractivity contribution is 0.184. The largest absolute Gasteiger partial charge is 0.489 e. The lowest BCUT2D eigenvalue weighted by Gasteiger charge is -2.13. The molecule has 7 nitrogen and oxygen atoms in total. The number of nitrogens with zero attached hydrogens (tertiary/aromatic N) is 4. The van der Waals surface area contributed by atoms with Crippen LogP contribution in [0.4, 0.5) is 0 Å². The van der Waals surface area contributed by atoms with Crippen LogP contribution in [0.2, 0.25) is 0 Å². The molecule has 3 heterocycles. The van der Waals surface area contributed by atoms with Crippen molar-refractivity contribution < 1.29 is 14.4 Å². The summed E-state index contributed by atoms with van der Waals surface area (Å²) in [6.45, 7) is 4.19. The van der Waals surface area contributed by atoms with Gasteiger partial charge in [0.1, 0.15) is 29.5 Å². The first-order valence-corrected chi connectivity index (χ1v) is 9.69. The molecule has 0 saturated carbocycles. The summed E-state index contributed by atoms with van der Waals surface area (Å²) < 4.78 is 13.1. The van der Waals surface area contributed by atoms with Gasteiger partial charge >= 0.3 is 0 Å².